The summed E-state index contributed by atoms with van der Waals surface area (Å²) in [5.41, 5.74) is 3.73. The zero-order chi connectivity index (χ0) is 23.8. The van der Waals surface area contributed by atoms with Crippen LogP contribution in [-0.4, -0.2) is 27.4 Å². The molecule has 0 fully saturated rings. The normalized spacial score (nSPS) is 12.9. The summed E-state index contributed by atoms with van der Waals surface area (Å²) in [5.74, 6) is -2.22. The minimum absolute atomic E-state index is 0.0509. The van der Waals surface area contributed by atoms with Gasteiger partial charge < -0.3 is 10.1 Å². The third kappa shape index (κ3) is 4.28. The Bertz CT molecular complexity index is 1360. The first kappa shape index (κ1) is 22.7. The van der Waals surface area contributed by atoms with Crippen molar-refractivity contribution in [2.75, 3.05) is 16.8 Å². The monoisotopic (exact) mass is 489 g/mol. The van der Waals surface area contributed by atoms with Gasteiger partial charge in [0.15, 0.2) is 0 Å². The Hall–Kier alpha value is -3.47. The van der Waals surface area contributed by atoms with Gasteiger partial charge in [-0.3, -0.25) is 4.79 Å². The van der Waals surface area contributed by atoms with E-state index in [-0.39, 0.29) is 39.0 Å². The summed E-state index contributed by atoms with van der Waals surface area (Å²) >= 11 is 5.95. The molecule has 1 heterocycles. The number of rotatable bonds is 5. The molecular formula is C22H17ClFN3O5S. The molecular weight excluding hydrogens is 473 g/mol. The van der Waals surface area contributed by atoms with Crippen LogP contribution in [0.15, 0.2) is 65.6 Å². The molecule has 0 saturated carbocycles. The fraction of sp³-hybridized carbons (Fsp3) is 0.0909. The second-order valence-corrected chi connectivity index (χ2v) is 9.21. The molecule has 0 aromatic heterocycles. The summed E-state index contributed by atoms with van der Waals surface area (Å²) in [7, 11) is -2.91. The molecule has 1 aliphatic heterocycles. The number of fused-ring (bicyclic) bond motifs is 1. The van der Waals surface area contributed by atoms with E-state index in [1.54, 1.807) is 12.1 Å². The van der Waals surface area contributed by atoms with Gasteiger partial charge in [-0.05, 0) is 48.0 Å². The van der Waals surface area contributed by atoms with Gasteiger partial charge in [-0.2, -0.15) is 12.8 Å². The maximum Gasteiger partial charge on any atom is 0.337 e. The molecule has 3 aromatic carbocycles. The topological polar surface area (TPSA) is 105 Å². The number of nitrogens with one attached hydrogen (secondary N) is 2. The van der Waals surface area contributed by atoms with Gasteiger partial charge in [-0.25, -0.2) is 14.6 Å². The van der Waals surface area contributed by atoms with E-state index in [4.69, 9.17) is 11.6 Å². The Morgan fingerprint density at radius 3 is 2.61 bits per heavy atom. The van der Waals surface area contributed by atoms with Crippen molar-refractivity contribution in [2.24, 2.45) is 0 Å². The van der Waals surface area contributed by atoms with Crippen LogP contribution in [0.4, 0.5) is 15.8 Å². The number of hydrazine groups is 1. The Morgan fingerprint density at radius 2 is 1.88 bits per heavy atom. The smallest absolute Gasteiger partial charge is 0.337 e. The molecule has 0 radical (unpaired) electrons. The molecule has 0 atom stereocenters. The number of halogens is 2. The highest BCUT2D eigenvalue weighted by Gasteiger charge is 2.32. The minimum Gasteiger partial charge on any atom is -0.465 e. The second kappa shape index (κ2) is 8.81. The Labute approximate surface area is 193 Å². The summed E-state index contributed by atoms with van der Waals surface area (Å²) in [4.78, 5) is 24.2. The number of anilines is 2. The highest BCUT2D eigenvalue weighted by atomic mass is 35.5. The van der Waals surface area contributed by atoms with Crippen molar-refractivity contribution >= 4 is 44.9 Å². The van der Waals surface area contributed by atoms with Crippen molar-refractivity contribution in [1.29, 1.82) is 0 Å². The van der Waals surface area contributed by atoms with E-state index in [9.17, 15) is 22.4 Å². The minimum atomic E-state index is -4.11. The van der Waals surface area contributed by atoms with Crippen LogP contribution in [0.25, 0.3) is 0 Å². The van der Waals surface area contributed by atoms with Gasteiger partial charge >= 0.3 is 5.97 Å². The highest BCUT2D eigenvalue weighted by molar-refractivity contribution is 7.92. The van der Waals surface area contributed by atoms with Crippen LogP contribution in [0, 0.1) is 5.82 Å². The quantitative estimate of drug-likeness (QED) is 0.529. The summed E-state index contributed by atoms with van der Waals surface area (Å²) in [5, 5.41) is 2.49. The molecule has 11 heteroatoms. The van der Waals surface area contributed by atoms with E-state index in [2.05, 4.69) is 15.5 Å². The number of hydrogen-bond donors (Lipinski definition) is 2. The second-order valence-electron chi connectivity index (χ2n) is 7.02. The molecule has 8 nitrogen and oxygen atoms in total. The van der Waals surface area contributed by atoms with E-state index in [1.807, 2.05) is 0 Å². The molecule has 3 aromatic rings. The number of carbonyl (C=O) groups excluding carboxylic acids is 2. The number of hydrogen-bond acceptors (Lipinski definition) is 6. The maximum atomic E-state index is 14.1. The fourth-order valence-electron chi connectivity index (χ4n) is 3.35. The molecule has 4 rings (SSSR count). The van der Waals surface area contributed by atoms with Crippen molar-refractivity contribution in [3.63, 3.8) is 0 Å². The summed E-state index contributed by atoms with van der Waals surface area (Å²) in [6.07, 6.45) is 0. The Morgan fingerprint density at radius 1 is 1.12 bits per heavy atom. The zero-order valence-corrected chi connectivity index (χ0v) is 18.7. The number of sulfonamides is 1. The molecule has 0 saturated heterocycles. The van der Waals surface area contributed by atoms with Crippen LogP contribution in [-0.2, 0) is 21.3 Å². The summed E-state index contributed by atoms with van der Waals surface area (Å²) in [6.45, 7) is 0.221. The fourth-order valence-corrected chi connectivity index (χ4v) is 5.00. The average Bonchev–Trinajstić information content (AvgIpc) is 3.22. The maximum absolute atomic E-state index is 14.1. The van der Waals surface area contributed by atoms with E-state index >= 15 is 0 Å². The van der Waals surface area contributed by atoms with Crippen LogP contribution in [0.5, 0.6) is 0 Å². The highest BCUT2D eigenvalue weighted by Crippen LogP contribution is 2.33. The number of methoxy groups -OCH3 is 1. The lowest BCUT2D eigenvalue weighted by Crippen LogP contribution is -2.38. The van der Waals surface area contributed by atoms with Crippen LogP contribution >= 0.6 is 11.6 Å². The predicted molar refractivity (Wildman–Crippen MR) is 120 cm³/mol. The third-order valence-corrected chi connectivity index (χ3v) is 6.93. The predicted octanol–water partition coefficient (Wildman–Crippen LogP) is 3.73. The first-order chi connectivity index (χ1) is 15.7. The molecule has 33 heavy (non-hydrogen) atoms. The Kier molecular flexibility index (Phi) is 6.07. The number of ether oxygens (including phenoxy) is 1. The van der Waals surface area contributed by atoms with E-state index in [1.165, 1.54) is 49.6 Å². The summed E-state index contributed by atoms with van der Waals surface area (Å²) < 4.78 is 46.2. The molecule has 0 spiro atoms. The largest absolute Gasteiger partial charge is 0.465 e. The van der Waals surface area contributed by atoms with Crippen molar-refractivity contribution in [3.8, 4) is 0 Å². The van der Waals surface area contributed by atoms with Gasteiger partial charge in [-0.15, -0.1) is 0 Å². The van der Waals surface area contributed by atoms with Gasteiger partial charge in [0.05, 0.1) is 33.8 Å². The van der Waals surface area contributed by atoms with Crippen molar-refractivity contribution in [2.45, 2.75) is 11.4 Å². The molecule has 1 aliphatic rings. The van der Waals surface area contributed by atoms with E-state index in [0.717, 1.165) is 10.5 Å². The molecule has 0 aliphatic carbocycles. The standard InChI is InChI=1S/C22H17ClFN3O5S/c1-32-22(29)13-4-2-5-16(10-13)33(30,31)27-19-11-15(9-8-14(19)12-25-27)26-21(28)20-17(23)6-3-7-18(20)24/h2-11,25H,12H2,1H3,(H,26,28). The van der Waals surface area contributed by atoms with Crippen molar-refractivity contribution < 1.29 is 27.1 Å². The number of carbonyl (C=O) groups is 2. The molecule has 170 valence electrons. The lowest BCUT2D eigenvalue weighted by atomic mass is 10.1. The lowest BCUT2D eigenvalue weighted by molar-refractivity contribution is 0.0600. The van der Waals surface area contributed by atoms with Crippen LogP contribution in [0.3, 0.4) is 0 Å². The van der Waals surface area contributed by atoms with E-state index < -0.39 is 27.7 Å². The lowest BCUT2D eigenvalue weighted by Gasteiger charge is -2.20. The average molecular weight is 490 g/mol. The van der Waals surface area contributed by atoms with Crippen molar-refractivity contribution in [1.82, 2.24) is 5.43 Å². The van der Waals surface area contributed by atoms with E-state index in [0.29, 0.717) is 5.56 Å². The molecule has 0 unspecified atom stereocenters. The number of benzene rings is 3. The molecule has 0 bridgehead atoms. The van der Waals surface area contributed by atoms with Crippen LogP contribution < -0.4 is 15.2 Å². The SMILES string of the molecule is COC(=O)c1cccc(S(=O)(=O)N2NCc3ccc(NC(=O)c4c(F)cccc4Cl)cc32)c1. The number of amides is 1. The first-order valence-electron chi connectivity index (χ1n) is 9.58. The van der Waals surface area contributed by atoms with Crippen LogP contribution in [0.1, 0.15) is 26.3 Å². The van der Waals surface area contributed by atoms with Gasteiger partial charge in [0, 0.05) is 12.2 Å². The molecule has 2 N–H and O–H groups in total. The van der Waals surface area contributed by atoms with Gasteiger partial charge in [0.2, 0.25) is 0 Å². The third-order valence-electron chi connectivity index (χ3n) is 4.96. The summed E-state index contributed by atoms with van der Waals surface area (Å²) in [6, 6.07) is 14.0. The zero-order valence-electron chi connectivity index (χ0n) is 17.1. The van der Waals surface area contributed by atoms with Crippen molar-refractivity contribution in [3.05, 3.63) is 88.2 Å². The Balaban J connectivity index is 1.65. The van der Waals surface area contributed by atoms with Gasteiger partial charge in [0.25, 0.3) is 15.9 Å². The number of esters is 1. The number of nitrogens with zero attached hydrogens (tertiary/aromatic N) is 1. The van der Waals surface area contributed by atoms with Gasteiger partial charge in [-0.1, -0.05) is 29.8 Å². The molecule has 1 amide bonds. The first-order valence-corrected chi connectivity index (χ1v) is 11.4. The van der Waals surface area contributed by atoms with Gasteiger partial charge in [0.1, 0.15) is 5.82 Å². The van der Waals surface area contributed by atoms with Crippen LogP contribution in [0.2, 0.25) is 5.02 Å².